The van der Waals surface area contributed by atoms with Gasteiger partial charge in [-0.3, -0.25) is 20.4 Å². The van der Waals surface area contributed by atoms with E-state index in [1.54, 1.807) is 0 Å². The van der Waals surface area contributed by atoms with Crippen LogP contribution in [0.3, 0.4) is 0 Å². The summed E-state index contributed by atoms with van der Waals surface area (Å²) in [6.07, 6.45) is 10.9. The van der Waals surface area contributed by atoms with Crippen LogP contribution in [-0.4, -0.2) is 60.8 Å². The summed E-state index contributed by atoms with van der Waals surface area (Å²) >= 11 is 0. The molecule has 0 saturated carbocycles. The third-order valence-corrected chi connectivity index (χ3v) is 7.59. The third-order valence-electron chi connectivity index (χ3n) is 7.59. The zero-order valence-electron chi connectivity index (χ0n) is 21.9. The lowest BCUT2D eigenvalue weighted by Gasteiger charge is -2.50. The molecular weight excluding hydrogens is 384 g/mol. The van der Waals surface area contributed by atoms with E-state index < -0.39 is 0 Å². The molecule has 2 saturated heterocycles. The second-order valence-corrected chi connectivity index (χ2v) is 11.0. The molecule has 0 amide bonds. The molecule has 2 N–H and O–H groups in total. The first kappa shape index (κ1) is 27.0. The Labute approximate surface area is 194 Å². The molecule has 184 valence electrons. The fourth-order valence-corrected chi connectivity index (χ4v) is 5.35. The number of nitrogens with one attached hydrogen (secondary N) is 2. The van der Waals surface area contributed by atoms with E-state index in [2.05, 4.69) is 68.9 Å². The molecule has 0 aromatic rings. The van der Waals surface area contributed by atoms with Crippen LogP contribution >= 0.6 is 0 Å². The van der Waals surface area contributed by atoms with Gasteiger partial charge in [-0.15, -0.1) is 0 Å². The predicted molar refractivity (Wildman–Crippen MR) is 133 cm³/mol. The second-order valence-electron chi connectivity index (χ2n) is 11.0. The summed E-state index contributed by atoms with van der Waals surface area (Å²) in [4.78, 5) is 5.50. The molecule has 0 radical (unpaired) electrons. The Kier molecular flexibility index (Phi) is 11.8. The highest BCUT2D eigenvalue weighted by Gasteiger charge is 2.41. The Morgan fingerprint density at radius 2 is 1.45 bits per heavy atom. The minimum Gasteiger partial charge on any atom is -0.346 e. The molecule has 0 aliphatic carbocycles. The zero-order valence-corrected chi connectivity index (χ0v) is 21.9. The lowest BCUT2D eigenvalue weighted by molar-refractivity contribution is -0.0898. The van der Waals surface area contributed by atoms with Crippen molar-refractivity contribution < 1.29 is 4.74 Å². The summed E-state index contributed by atoms with van der Waals surface area (Å²) in [6, 6.07) is 0. The minimum atomic E-state index is -0.0425. The monoisotopic (exact) mass is 438 g/mol. The first-order valence-corrected chi connectivity index (χ1v) is 13.4. The first-order valence-electron chi connectivity index (χ1n) is 13.4. The largest absolute Gasteiger partial charge is 0.346 e. The Balaban J connectivity index is 2.18. The Bertz CT molecular complexity index is 458. The van der Waals surface area contributed by atoms with Gasteiger partial charge in [-0.25, -0.2) is 0 Å². The number of unbranched alkanes of at least 4 members (excludes halogenated alkanes) is 2. The van der Waals surface area contributed by atoms with Gasteiger partial charge in [-0.05, 0) is 44.4 Å². The molecule has 0 aromatic carbocycles. The van der Waals surface area contributed by atoms with Crippen LogP contribution in [0.4, 0.5) is 0 Å². The van der Waals surface area contributed by atoms with Crippen molar-refractivity contribution in [1.82, 2.24) is 20.4 Å². The lowest BCUT2D eigenvalue weighted by atomic mass is 9.95. The SMILES string of the molecule is CCCCC(CC)CN1CC(C)CN(CC(CC)CCCC)C1NC1OCNC1(C)C. The highest BCUT2D eigenvalue weighted by molar-refractivity contribution is 4.93. The molecule has 2 heterocycles. The van der Waals surface area contributed by atoms with Crippen molar-refractivity contribution in [1.29, 1.82) is 0 Å². The summed E-state index contributed by atoms with van der Waals surface area (Å²) in [5, 5.41) is 7.48. The summed E-state index contributed by atoms with van der Waals surface area (Å²) in [6.45, 7) is 21.7. The molecule has 2 rings (SSSR count). The van der Waals surface area contributed by atoms with Crippen molar-refractivity contribution in [2.75, 3.05) is 32.9 Å². The first-order chi connectivity index (χ1) is 14.8. The van der Waals surface area contributed by atoms with E-state index in [-0.39, 0.29) is 18.1 Å². The van der Waals surface area contributed by atoms with Gasteiger partial charge < -0.3 is 4.74 Å². The molecule has 3 unspecified atom stereocenters. The van der Waals surface area contributed by atoms with Crippen molar-refractivity contribution in [2.24, 2.45) is 17.8 Å². The van der Waals surface area contributed by atoms with E-state index in [4.69, 9.17) is 4.74 Å². The summed E-state index contributed by atoms with van der Waals surface area (Å²) < 4.78 is 6.11. The van der Waals surface area contributed by atoms with Gasteiger partial charge in [0.15, 0.2) is 0 Å². The molecule has 0 spiro atoms. The van der Waals surface area contributed by atoms with Crippen LogP contribution in [-0.2, 0) is 4.74 Å². The number of rotatable bonds is 14. The number of nitrogens with zero attached hydrogens (tertiary/aromatic N) is 2. The van der Waals surface area contributed by atoms with Crippen molar-refractivity contribution in [3.63, 3.8) is 0 Å². The molecule has 2 aliphatic heterocycles. The van der Waals surface area contributed by atoms with E-state index in [1.165, 1.54) is 77.5 Å². The van der Waals surface area contributed by atoms with Gasteiger partial charge in [0.1, 0.15) is 12.5 Å². The second kappa shape index (κ2) is 13.5. The maximum absolute atomic E-state index is 6.11. The number of hydrogen-bond acceptors (Lipinski definition) is 5. The van der Waals surface area contributed by atoms with E-state index in [0.29, 0.717) is 12.6 Å². The van der Waals surface area contributed by atoms with Crippen LogP contribution in [0.1, 0.15) is 99.8 Å². The van der Waals surface area contributed by atoms with Crippen molar-refractivity contribution >= 4 is 0 Å². The summed E-state index contributed by atoms with van der Waals surface area (Å²) in [5.74, 6) is 2.28. The van der Waals surface area contributed by atoms with Gasteiger partial charge in [0.05, 0.1) is 12.3 Å². The molecular formula is C26H54N4O. The van der Waals surface area contributed by atoms with E-state index in [0.717, 1.165) is 11.8 Å². The lowest BCUT2D eigenvalue weighted by Crippen LogP contribution is -2.68. The molecule has 0 bridgehead atoms. The molecule has 3 atom stereocenters. The van der Waals surface area contributed by atoms with E-state index in [9.17, 15) is 0 Å². The van der Waals surface area contributed by atoms with E-state index >= 15 is 0 Å². The highest BCUT2D eigenvalue weighted by atomic mass is 16.5. The van der Waals surface area contributed by atoms with Crippen LogP contribution in [0.5, 0.6) is 0 Å². The fourth-order valence-electron chi connectivity index (χ4n) is 5.35. The molecule has 2 aliphatic rings. The van der Waals surface area contributed by atoms with Gasteiger partial charge >= 0.3 is 0 Å². The molecule has 5 nitrogen and oxygen atoms in total. The van der Waals surface area contributed by atoms with Gasteiger partial charge in [0.25, 0.3) is 0 Å². The third kappa shape index (κ3) is 8.26. The standard InChI is InChI=1S/C26H54N4O/c1-8-12-14-22(10-3)18-29-16-21(5)17-30(19-23(11-4)15-13-9-2)25(29)28-24-26(6,7)27-20-31-24/h21-25,27-28H,8-20H2,1-7H3. The smallest absolute Gasteiger partial charge is 0.129 e. The Morgan fingerprint density at radius 3 is 1.84 bits per heavy atom. The number of ether oxygens (including phenoxy) is 1. The minimum absolute atomic E-state index is 0.0425. The Hall–Kier alpha value is -0.200. The van der Waals surface area contributed by atoms with Crippen LogP contribution in [0.2, 0.25) is 0 Å². The molecule has 0 aromatic heterocycles. The topological polar surface area (TPSA) is 39.8 Å². The van der Waals surface area contributed by atoms with Gasteiger partial charge in [0, 0.05) is 26.2 Å². The average Bonchev–Trinajstić information content (AvgIpc) is 3.08. The normalized spacial score (nSPS) is 29.3. The van der Waals surface area contributed by atoms with Crippen LogP contribution in [0.15, 0.2) is 0 Å². The van der Waals surface area contributed by atoms with Crippen molar-refractivity contribution in [2.45, 2.75) is 118 Å². The summed E-state index contributed by atoms with van der Waals surface area (Å²) in [5.41, 5.74) is -0.0425. The van der Waals surface area contributed by atoms with Crippen LogP contribution in [0.25, 0.3) is 0 Å². The van der Waals surface area contributed by atoms with Gasteiger partial charge in [0.2, 0.25) is 0 Å². The van der Waals surface area contributed by atoms with Crippen LogP contribution < -0.4 is 10.6 Å². The van der Waals surface area contributed by atoms with Crippen molar-refractivity contribution in [3.05, 3.63) is 0 Å². The maximum atomic E-state index is 6.11. The van der Waals surface area contributed by atoms with E-state index in [1.807, 2.05) is 0 Å². The average molecular weight is 439 g/mol. The zero-order chi connectivity index (χ0) is 22.9. The quantitative estimate of drug-likeness (QED) is 0.389. The maximum Gasteiger partial charge on any atom is 0.129 e. The molecule has 5 heteroatoms. The van der Waals surface area contributed by atoms with Gasteiger partial charge in [-0.2, -0.15) is 0 Å². The highest BCUT2D eigenvalue weighted by Crippen LogP contribution is 2.27. The predicted octanol–water partition coefficient (Wildman–Crippen LogP) is 5.23. The Morgan fingerprint density at radius 1 is 0.935 bits per heavy atom. The van der Waals surface area contributed by atoms with Crippen molar-refractivity contribution in [3.8, 4) is 0 Å². The molecule has 31 heavy (non-hydrogen) atoms. The van der Waals surface area contributed by atoms with Gasteiger partial charge in [-0.1, -0.05) is 73.1 Å². The fraction of sp³-hybridized carbons (Fsp3) is 1.00. The van der Waals surface area contributed by atoms with Crippen LogP contribution in [0, 0.1) is 17.8 Å². The number of hydrogen-bond donors (Lipinski definition) is 2. The summed E-state index contributed by atoms with van der Waals surface area (Å²) in [7, 11) is 0. The molecule has 2 fully saturated rings.